The molecule has 2 aromatic carbocycles. The Hall–Kier alpha value is -3.61. The van der Waals surface area contributed by atoms with Gasteiger partial charge in [-0.3, -0.25) is 9.59 Å². The van der Waals surface area contributed by atoms with Crippen LogP contribution in [-0.4, -0.2) is 28.4 Å². The molecule has 0 atom stereocenters. The van der Waals surface area contributed by atoms with Crippen molar-refractivity contribution in [1.29, 1.82) is 0 Å². The largest absolute Gasteiger partial charge is 0.489 e. The van der Waals surface area contributed by atoms with Gasteiger partial charge < -0.3 is 19.9 Å². The Morgan fingerprint density at radius 2 is 1.87 bits per heavy atom. The number of primary amides is 1. The fourth-order valence-electron chi connectivity index (χ4n) is 3.07. The minimum Gasteiger partial charge on any atom is -0.489 e. The number of carbonyl (C=O) groups excluding carboxylic acids is 2. The van der Waals surface area contributed by atoms with E-state index in [9.17, 15) is 9.59 Å². The van der Waals surface area contributed by atoms with E-state index in [2.05, 4.69) is 5.16 Å². The lowest BCUT2D eigenvalue weighted by Crippen LogP contribution is -2.33. The Morgan fingerprint density at radius 1 is 1.10 bits per heavy atom. The molecule has 0 unspecified atom stereocenters. The van der Waals surface area contributed by atoms with Gasteiger partial charge in [0.15, 0.2) is 0 Å². The van der Waals surface area contributed by atoms with Crippen molar-refractivity contribution in [3.63, 3.8) is 0 Å². The van der Waals surface area contributed by atoms with E-state index in [1.807, 2.05) is 44.2 Å². The van der Waals surface area contributed by atoms with Gasteiger partial charge in [0.05, 0.1) is 11.3 Å². The molecule has 0 fully saturated rings. The van der Waals surface area contributed by atoms with Gasteiger partial charge in [-0.2, -0.15) is 0 Å². The molecule has 0 aliphatic heterocycles. The minimum absolute atomic E-state index is 0.0980. The highest BCUT2D eigenvalue weighted by molar-refractivity contribution is 5.94. The zero-order valence-electron chi connectivity index (χ0n) is 17.1. The summed E-state index contributed by atoms with van der Waals surface area (Å²) in [7, 11) is 0. The minimum atomic E-state index is -0.447. The van der Waals surface area contributed by atoms with E-state index in [4.69, 9.17) is 15.0 Å². The topological polar surface area (TPSA) is 98.7 Å². The van der Waals surface area contributed by atoms with Crippen LogP contribution in [0.25, 0.3) is 0 Å². The van der Waals surface area contributed by atoms with E-state index >= 15 is 0 Å². The summed E-state index contributed by atoms with van der Waals surface area (Å²) in [5, 5.41) is 3.92. The third-order valence-corrected chi connectivity index (χ3v) is 4.78. The fraction of sp³-hybridized carbons (Fsp3) is 0.261. The van der Waals surface area contributed by atoms with Gasteiger partial charge in [0.25, 0.3) is 5.91 Å². The van der Waals surface area contributed by atoms with E-state index < -0.39 is 5.91 Å². The lowest BCUT2D eigenvalue weighted by Gasteiger charge is -2.23. The first-order valence-electron chi connectivity index (χ1n) is 9.70. The second-order valence-electron chi connectivity index (χ2n) is 7.05. The predicted molar refractivity (Wildman–Crippen MR) is 112 cm³/mol. The fourth-order valence-corrected chi connectivity index (χ4v) is 3.07. The number of ether oxygens (including phenoxy) is 1. The highest BCUT2D eigenvalue weighted by Crippen LogP contribution is 2.20. The molecule has 7 nitrogen and oxygen atoms in total. The maximum absolute atomic E-state index is 13.1. The predicted octanol–water partition coefficient (Wildman–Crippen LogP) is 3.39. The lowest BCUT2D eigenvalue weighted by atomic mass is 10.1. The van der Waals surface area contributed by atoms with Crippen LogP contribution in [0.2, 0.25) is 0 Å². The first kappa shape index (κ1) is 21.1. The maximum atomic E-state index is 13.1. The van der Waals surface area contributed by atoms with Crippen LogP contribution < -0.4 is 10.5 Å². The summed E-state index contributed by atoms with van der Waals surface area (Å²) in [4.78, 5) is 26.0. The third-order valence-electron chi connectivity index (χ3n) is 4.78. The second-order valence-corrected chi connectivity index (χ2v) is 7.05. The number of amides is 2. The van der Waals surface area contributed by atoms with Crippen molar-refractivity contribution in [3.05, 3.63) is 82.7 Å². The molecule has 0 aliphatic carbocycles. The van der Waals surface area contributed by atoms with Crippen LogP contribution in [0.1, 0.15) is 39.4 Å². The molecule has 0 bridgehead atoms. The molecule has 3 rings (SSSR count). The molecular formula is C23H25N3O4. The second kappa shape index (κ2) is 9.73. The molecule has 1 aromatic heterocycles. The van der Waals surface area contributed by atoms with E-state index in [1.165, 1.54) is 0 Å². The summed E-state index contributed by atoms with van der Waals surface area (Å²) < 4.78 is 11.0. The number of carbonyl (C=O) groups is 2. The van der Waals surface area contributed by atoms with Gasteiger partial charge in [-0.1, -0.05) is 41.6 Å². The number of aryl methyl sites for hydroxylation is 2. The first-order chi connectivity index (χ1) is 14.4. The van der Waals surface area contributed by atoms with Crippen molar-refractivity contribution in [2.75, 3.05) is 6.54 Å². The Kier molecular flexibility index (Phi) is 6.85. The van der Waals surface area contributed by atoms with Crippen LogP contribution in [-0.2, 0) is 17.9 Å². The molecule has 156 valence electrons. The molecule has 0 radical (unpaired) electrons. The van der Waals surface area contributed by atoms with Gasteiger partial charge in [0.1, 0.15) is 18.1 Å². The summed E-state index contributed by atoms with van der Waals surface area (Å²) in [6.07, 6.45) is 0.0980. The zero-order valence-corrected chi connectivity index (χ0v) is 17.1. The Morgan fingerprint density at radius 3 is 2.53 bits per heavy atom. The van der Waals surface area contributed by atoms with Gasteiger partial charge in [-0.05, 0) is 37.6 Å². The smallest absolute Gasteiger partial charge is 0.254 e. The van der Waals surface area contributed by atoms with E-state index in [0.717, 1.165) is 16.8 Å². The molecule has 3 aromatic rings. The van der Waals surface area contributed by atoms with Gasteiger partial charge in [-0.15, -0.1) is 0 Å². The number of nitrogens with zero attached hydrogens (tertiary/aromatic N) is 2. The average molecular weight is 407 g/mol. The van der Waals surface area contributed by atoms with Crippen LogP contribution >= 0.6 is 0 Å². The Balaban J connectivity index is 1.75. The van der Waals surface area contributed by atoms with Crippen molar-refractivity contribution >= 4 is 11.8 Å². The van der Waals surface area contributed by atoms with Crippen LogP contribution in [0, 0.1) is 13.8 Å². The SMILES string of the molecule is Cc1noc(C)c1COc1cccc(C(=O)N(CCC(N)=O)Cc2ccccc2)c1. The summed E-state index contributed by atoms with van der Waals surface area (Å²) in [5.74, 6) is 0.635. The molecule has 0 saturated carbocycles. The van der Waals surface area contributed by atoms with Crippen LogP contribution in [0.3, 0.4) is 0 Å². The normalized spacial score (nSPS) is 10.6. The Labute approximate surface area is 175 Å². The standard InChI is InChI=1S/C23H25N3O4/c1-16-21(17(2)30-25-16)15-29-20-10-6-9-19(13-20)23(28)26(12-11-22(24)27)14-18-7-4-3-5-8-18/h3-10,13H,11-12,14-15H2,1-2H3,(H2,24,27). The maximum Gasteiger partial charge on any atom is 0.254 e. The average Bonchev–Trinajstić information content (AvgIpc) is 3.07. The molecule has 2 amide bonds. The monoisotopic (exact) mass is 407 g/mol. The van der Waals surface area contributed by atoms with Gasteiger partial charge in [0.2, 0.25) is 5.91 Å². The lowest BCUT2D eigenvalue weighted by molar-refractivity contribution is -0.118. The number of aromatic nitrogens is 1. The quantitative estimate of drug-likeness (QED) is 0.586. The molecular weight excluding hydrogens is 382 g/mol. The van der Waals surface area contributed by atoms with Gasteiger partial charge >= 0.3 is 0 Å². The highest BCUT2D eigenvalue weighted by atomic mass is 16.5. The molecule has 2 N–H and O–H groups in total. The van der Waals surface area contributed by atoms with Gasteiger partial charge in [0, 0.05) is 25.1 Å². The molecule has 7 heteroatoms. The van der Waals surface area contributed by atoms with Crippen LogP contribution in [0.5, 0.6) is 5.75 Å². The first-order valence-corrected chi connectivity index (χ1v) is 9.70. The number of nitrogens with two attached hydrogens (primary N) is 1. The van der Waals surface area contributed by atoms with Crippen LogP contribution in [0.15, 0.2) is 59.1 Å². The number of rotatable bonds is 9. The number of benzene rings is 2. The Bertz CT molecular complexity index is 995. The molecule has 30 heavy (non-hydrogen) atoms. The number of hydrogen-bond donors (Lipinski definition) is 1. The summed E-state index contributed by atoms with van der Waals surface area (Å²) in [5.41, 5.74) is 8.42. The van der Waals surface area contributed by atoms with Crippen molar-refractivity contribution in [2.24, 2.45) is 5.73 Å². The van der Waals surface area contributed by atoms with E-state index in [-0.39, 0.29) is 18.9 Å². The van der Waals surface area contributed by atoms with Crippen molar-refractivity contribution in [1.82, 2.24) is 10.1 Å². The molecule has 1 heterocycles. The molecule has 0 aliphatic rings. The summed E-state index contributed by atoms with van der Waals surface area (Å²) in [6, 6.07) is 16.6. The summed E-state index contributed by atoms with van der Waals surface area (Å²) in [6.45, 7) is 4.62. The van der Waals surface area contributed by atoms with Crippen LogP contribution in [0.4, 0.5) is 0 Å². The number of hydrogen-bond acceptors (Lipinski definition) is 5. The van der Waals surface area contributed by atoms with Crippen molar-refractivity contribution in [2.45, 2.75) is 33.4 Å². The van der Waals surface area contributed by atoms with E-state index in [1.54, 1.807) is 29.2 Å². The molecule has 0 spiro atoms. The zero-order chi connectivity index (χ0) is 21.5. The van der Waals surface area contributed by atoms with E-state index in [0.29, 0.717) is 30.2 Å². The van der Waals surface area contributed by atoms with Crippen molar-refractivity contribution in [3.8, 4) is 5.75 Å². The van der Waals surface area contributed by atoms with Crippen molar-refractivity contribution < 1.29 is 18.8 Å². The van der Waals surface area contributed by atoms with Gasteiger partial charge in [-0.25, -0.2) is 0 Å². The highest BCUT2D eigenvalue weighted by Gasteiger charge is 2.18. The molecule has 0 saturated heterocycles. The summed E-state index contributed by atoms with van der Waals surface area (Å²) >= 11 is 0. The third kappa shape index (κ3) is 5.47.